The van der Waals surface area contributed by atoms with E-state index in [1.54, 1.807) is 0 Å². The molecule has 0 atom stereocenters. The molecule has 0 aliphatic carbocycles. The first-order valence-electron chi connectivity index (χ1n) is 5.51. The summed E-state index contributed by atoms with van der Waals surface area (Å²) in [5.74, 6) is -0.691. The summed E-state index contributed by atoms with van der Waals surface area (Å²) in [6.45, 7) is 0. The number of hydrogen-bond acceptors (Lipinski definition) is 3. The van der Waals surface area contributed by atoms with E-state index in [9.17, 15) is 12.8 Å². The lowest BCUT2D eigenvalue weighted by Crippen LogP contribution is -2.13. The van der Waals surface area contributed by atoms with Gasteiger partial charge in [0.2, 0.25) is 0 Å². The Morgan fingerprint density at radius 1 is 1.24 bits per heavy atom. The van der Waals surface area contributed by atoms with E-state index in [0.717, 1.165) is 6.07 Å². The molecule has 21 heavy (non-hydrogen) atoms. The summed E-state index contributed by atoms with van der Waals surface area (Å²) in [7, 11) is -3.97. The second-order valence-electron chi connectivity index (χ2n) is 3.99. The fraction of sp³-hybridized carbons (Fsp3) is 0. The molecule has 0 radical (unpaired) electrons. The highest BCUT2D eigenvalue weighted by Gasteiger charge is 2.17. The number of hydrogen-bond donors (Lipinski definition) is 1. The first-order chi connectivity index (χ1) is 9.83. The predicted molar refractivity (Wildman–Crippen MR) is 81.1 cm³/mol. The van der Waals surface area contributed by atoms with Gasteiger partial charge in [0, 0.05) is 0 Å². The fourth-order valence-electron chi connectivity index (χ4n) is 1.52. The maximum atomic E-state index is 13.4. The second-order valence-corrected chi connectivity index (χ2v) is 6.93. The van der Waals surface area contributed by atoms with Crippen LogP contribution in [0.4, 0.5) is 10.1 Å². The molecular weight excluding hydrogens is 383 g/mol. The number of nitriles is 1. The number of sulfonamides is 1. The Hall–Kier alpha value is -1.62. The molecule has 1 N–H and O–H groups in total. The number of nitrogens with one attached hydrogen (secondary N) is 1. The zero-order valence-electron chi connectivity index (χ0n) is 10.3. The van der Waals surface area contributed by atoms with E-state index in [4.69, 9.17) is 16.9 Å². The smallest absolute Gasteiger partial charge is 0.262 e. The largest absolute Gasteiger partial charge is 0.278 e. The molecule has 0 saturated heterocycles. The van der Waals surface area contributed by atoms with Gasteiger partial charge in [-0.15, -0.1) is 0 Å². The summed E-state index contributed by atoms with van der Waals surface area (Å²) in [6.07, 6.45) is 0. The Morgan fingerprint density at radius 2 is 1.95 bits per heavy atom. The van der Waals surface area contributed by atoms with Crippen LogP contribution in [0.3, 0.4) is 0 Å². The lowest BCUT2D eigenvalue weighted by atomic mass is 10.2. The molecule has 108 valence electrons. The van der Waals surface area contributed by atoms with Crippen molar-refractivity contribution < 1.29 is 12.8 Å². The summed E-state index contributed by atoms with van der Waals surface area (Å²) in [4.78, 5) is -0.233. The molecule has 2 aromatic rings. The van der Waals surface area contributed by atoms with Gasteiger partial charge in [-0.1, -0.05) is 11.6 Å². The van der Waals surface area contributed by atoms with Crippen molar-refractivity contribution in [3.05, 3.63) is 57.3 Å². The van der Waals surface area contributed by atoms with Gasteiger partial charge in [-0.05, 0) is 52.3 Å². The summed E-state index contributed by atoms with van der Waals surface area (Å²) in [5, 5.41) is 8.81. The summed E-state index contributed by atoms with van der Waals surface area (Å²) in [6, 6.07) is 9.46. The van der Waals surface area contributed by atoms with Gasteiger partial charge >= 0.3 is 0 Å². The molecule has 0 saturated carbocycles. The molecule has 4 nitrogen and oxygen atoms in total. The quantitative estimate of drug-likeness (QED) is 0.865. The van der Waals surface area contributed by atoms with Crippen LogP contribution in [-0.2, 0) is 10.0 Å². The van der Waals surface area contributed by atoms with Crippen LogP contribution in [0.25, 0.3) is 0 Å². The van der Waals surface area contributed by atoms with Crippen LogP contribution < -0.4 is 4.72 Å². The van der Waals surface area contributed by atoms with Gasteiger partial charge in [0.25, 0.3) is 10.0 Å². The molecule has 2 rings (SSSR count). The van der Waals surface area contributed by atoms with Crippen molar-refractivity contribution in [3.8, 4) is 6.07 Å². The highest BCUT2D eigenvalue weighted by molar-refractivity contribution is 9.10. The van der Waals surface area contributed by atoms with E-state index in [2.05, 4.69) is 20.7 Å². The molecule has 0 aromatic heterocycles. The Morgan fingerprint density at radius 3 is 2.52 bits per heavy atom. The Kier molecular flexibility index (Phi) is 4.52. The van der Waals surface area contributed by atoms with Crippen molar-refractivity contribution in [1.82, 2.24) is 0 Å². The van der Waals surface area contributed by atoms with Crippen molar-refractivity contribution >= 4 is 43.2 Å². The van der Waals surface area contributed by atoms with Gasteiger partial charge in [-0.2, -0.15) is 5.26 Å². The van der Waals surface area contributed by atoms with E-state index in [-0.39, 0.29) is 20.1 Å². The third-order valence-electron chi connectivity index (χ3n) is 2.54. The van der Waals surface area contributed by atoms with Crippen molar-refractivity contribution in [2.75, 3.05) is 4.72 Å². The van der Waals surface area contributed by atoms with E-state index in [1.165, 1.54) is 30.3 Å². The number of nitrogens with zero attached hydrogens (tertiary/aromatic N) is 1. The summed E-state index contributed by atoms with van der Waals surface area (Å²) in [5.41, 5.74) is 0.414. The first kappa shape index (κ1) is 15.8. The van der Waals surface area contributed by atoms with Crippen LogP contribution in [-0.4, -0.2) is 8.42 Å². The molecule has 0 fully saturated rings. The van der Waals surface area contributed by atoms with Crippen LogP contribution >= 0.6 is 27.5 Å². The van der Waals surface area contributed by atoms with Crippen molar-refractivity contribution in [2.45, 2.75) is 4.90 Å². The number of anilines is 1. The maximum absolute atomic E-state index is 13.4. The van der Waals surface area contributed by atoms with Gasteiger partial charge in [0.1, 0.15) is 5.82 Å². The monoisotopic (exact) mass is 388 g/mol. The molecule has 0 aliphatic heterocycles. The Bertz CT molecular complexity index is 850. The normalized spacial score (nSPS) is 11.0. The predicted octanol–water partition coefficient (Wildman–Crippen LogP) is 3.91. The van der Waals surface area contributed by atoms with E-state index < -0.39 is 15.8 Å². The lowest BCUT2D eigenvalue weighted by Gasteiger charge is -2.10. The molecular formula is C13H7BrClFN2O2S. The van der Waals surface area contributed by atoms with E-state index in [1.807, 2.05) is 6.07 Å². The zero-order chi connectivity index (χ0) is 15.6. The highest BCUT2D eigenvalue weighted by Crippen LogP contribution is 2.26. The highest BCUT2D eigenvalue weighted by atomic mass is 79.9. The minimum Gasteiger partial charge on any atom is -0.278 e. The fourth-order valence-corrected chi connectivity index (χ4v) is 3.14. The van der Waals surface area contributed by atoms with Crippen LogP contribution in [0.1, 0.15) is 5.56 Å². The average molecular weight is 390 g/mol. The van der Waals surface area contributed by atoms with Gasteiger partial charge < -0.3 is 0 Å². The maximum Gasteiger partial charge on any atom is 0.262 e. The second kappa shape index (κ2) is 6.02. The lowest BCUT2D eigenvalue weighted by molar-refractivity contribution is 0.593. The van der Waals surface area contributed by atoms with Gasteiger partial charge in [-0.3, -0.25) is 4.72 Å². The number of halogens is 3. The molecule has 0 aliphatic rings. The number of benzene rings is 2. The standard InChI is InChI=1S/C13H7BrClFN2O2S/c14-10-3-2-9(6-12(10)16)21(19,20)18-13-4-1-8(7-17)5-11(13)15/h1-6,18H. The van der Waals surface area contributed by atoms with E-state index in [0.29, 0.717) is 5.56 Å². The van der Waals surface area contributed by atoms with Crippen LogP contribution in [0, 0.1) is 17.1 Å². The Labute approximate surface area is 134 Å². The van der Waals surface area contributed by atoms with Gasteiger partial charge in [0.05, 0.1) is 31.7 Å². The molecule has 0 unspecified atom stereocenters. The SMILES string of the molecule is N#Cc1ccc(NS(=O)(=O)c2ccc(Br)c(F)c2)c(Cl)c1. The Balaban J connectivity index is 2.37. The van der Waals surface area contributed by atoms with Crippen LogP contribution in [0.5, 0.6) is 0 Å². The number of rotatable bonds is 3. The molecule has 8 heteroatoms. The van der Waals surface area contributed by atoms with Crippen molar-refractivity contribution in [3.63, 3.8) is 0 Å². The first-order valence-corrected chi connectivity index (χ1v) is 8.16. The molecule has 2 aromatic carbocycles. The summed E-state index contributed by atoms with van der Waals surface area (Å²) < 4.78 is 40.1. The third kappa shape index (κ3) is 3.53. The van der Waals surface area contributed by atoms with E-state index >= 15 is 0 Å². The third-order valence-corrected chi connectivity index (χ3v) is 4.86. The summed E-state index contributed by atoms with van der Waals surface area (Å²) >= 11 is 8.85. The minimum atomic E-state index is -3.97. The molecule has 0 bridgehead atoms. The van der Waals surface area contributed by atoms with Gasteiger partial charge in [-0.25, -0.2) is 12.8 Å². The van der Waals surface area contributed by atoms with Crippen molar-refractivity contribution in [1.29, 1.82) is 5.26 Å². The molecule has 0 heterocycles. The average Bonchev–Trinajstić information content (AvgIpc) is 2.43. The topological polar surface area (TPSA) is 70.0 Å². The minimum absolute atomic E-state index is 0.0789. The molecule has 0 amide bonds. The van der Waals surface area contributed by atoms with Crippen LogP contribution in [0.2, 0.25) is 5.02 Å². The van der Waals surface area contributed by atoms with Crippen molar-refractivity contribution in [2.24, 2.45) is 0 Å². The zero-order valence-corrected chi connectivity index (χ0v) is 13.4. The van der Waals surface area contributed by atoms with Crippen LogP contribution in [0.15, 0.2) is 45.8 Å². The van der Waals surface area contributed by atoms with Gasteiger partial charge in [0.15, 0.2) is 0 Å². The molecule has 0 spiro atoms.